The largest absolute Gasteiger partial charge is 0.493 e. The van der Waals surface area contributed by atoms with Gasteiger partial charge in [0.05, 0.1) is 32.2 Å². The molecular formula is C98H104Cl2N26O8. The van der Waals surface area contributed by atoms with Crippen LogP contribution in [0.5, 0.6) is 23.1 Å². The molecule has 9 aromatic carbocycles. The second-order valence-corrected chi connectivity index (χ2v) is 29.8. The third-order valence-corrected chi connectivity index (χ3v) is 19.7. The molecule has 22 N–H and O–H groups in total. The van der Waals surface area contributed by atoms with E-state index in [1.165, 1.54) is 45.1 Å². The van der Waals surface area contributed by atoms with Gasteiger partial charge >= 0.3 is 0 Å². The molecule has 0 bridgehead atoms. The molecule has 0 unspecified atom stereocenters. The van der Waals surface area contributed by atoms with E-state index in [0.29, 0.717) is 120 Å². The molecule has 0 saturated carbocycles. The van der Waals surface area contributed by atoms with Crippen LogP contribution in [-0.2, 0) is 25.9 Å². The Balaban J connectivity index is 0.000000173. The number of aryl methyl sites for hydroxylation is 3. The lowest BCUT2D eigenvalue weighted by atomic mass is 10.0. The molecular weight excluding hydrogens is 1740 g/mol. The summed E-state index contributed by atoms with van der Waals surface area (Å²) in [6.07, 6.45) is 6.88. The van der Waals surface area contributed by atoms with E-state index in [2.05, 4.69) is 91.3 Å². The minimum Gasteiger partial charge on any atom is -0.493 e. The molecule has 0 radical (unpaired) electrons. The number of hydrogen-bond donors (Lipinski definition) is 14. The zero-order chi connectivity index (χ0) is 96.0. The maximum Gasteiger partial charge on any atom is 0.258 e. The van der Waals surface area contributed by atoms with E-state index in [-0.39, 0.29) is 77.6 Å². The van der Waals surface area contributed by atoms with Crippen molar-refractivity contribution in [1.82, 2.24) is 59.8 Å². The first-order valence-electron chi connectivity index (χ1n) is 42.3. The summed E-state index contributed by atoms with van der Waals surface area (Å²) in [6.45, 7) is 11.8. The van der Waals surface area contributed by atoms with Crippen LogP contribution in [0.4, 0.5) is 87.9 Å². The van der Waals surface area contributed by atoms with Crippen LogP contribution in [0.2, 0.25) is 10.0 Å². The molecule has 1 aliphatic rings. The Kier molecular flexibility index (Phi) is 37.3. The second kappa shape index (κ2) is 50.3. The molecule has 34 nitrogen and oxygen atoms in total. The normalized spacial score (nSPS) is 10.9. The molecule has 36 heteroatoms. The molecule has 688 valence electrons. The smallest absolute Gasteiger partial charge is 0.258 e. The summed E-state index contributed by atoms with van der Waals surface area (Å²) >= 11 is 11.9. The number of piperidine rings is 1. The molecule has 16 rings (SSSR count). The average molecular weight is 1840 g/mol. The lowest BCUT2D eigenvalue weighted by Crippen LogP contribution is -2.30. The molecule has 1 aliphatic heterocycles. The van der Waals surface area contributed by atoms with Gasteiger partial charge < -0.3 is 86.0 Å². The first kappa shape index (κ1) is 99.4. The summed E-state index contributed by atoms with van der Waals surface area (Å²) in [5.41, 5.74) is 55.3. The van der Waals surface area contributed by atoms with E-state index in [1.54, 1.807) is 140 Å². The fourth-order valence-electron chi connectivity index (χ4n) is 13.2. The summed E-state index contributed by atoms with van der Waals surface area (Å²) < 4.78 is 16.2. The number of nitrogens with zero attached hydrogens (tertiary/aromatic N) is 13. The number of carbonyl (C=O) groups is 4. The molecule has 7 heterocycles. The van der Waals surface area contributed by atoms with Crippen LogP contribution < -0.4 is 91.6 Å². The first-order chi connectivity index (χ1) is 64.8. The number of aliphatic hydroxyl groups is 1. The Morgan fingerprint density at radius 1 is 0.440 bits per heavy atom. The van der Waals surface area contributed by atoms with Crippen molar-refractivity contribution in [3.8, 4) is 45.4 Å². The van der Waals surface area contributed by atoms with Crippen molar-refractivity contribution < 1.29 is 38.5 Å². The fraction of sp³-hybridized carbons (Fsp3) is 0.163. The highest BCUT2D eigenvalue weighted by atomic mass is 35.5. The van der Waals surface area contributed by atoms with E-state index in [0.717, 1.165) is 59.0 Å². The van der Waals surface area contributed by atoms with Crippen LogP contribution in [0, 0.1) is 6.92 Å². The topological polar surface area (TPSA) is 542 Å². The summed E-state index contributed by atoms with van der Waals surface area (Å²) in [7, 11) is 3.02. The number of methoxy groups -OCH3 is 2. The van der Waals surface area contributed by atoms with Crippen LogP contribution in [-0.4, -0.2) is 116 Å². The SMILES string of the molecule is CC.CCc1nc(N)nc(N)c1-c1ccc(Cl)cc1.CCc1nc(NC(=O)c2ccccc2)nc(NC(=O)c2ccccc2)c1-c1ccc(Cl)cc1.COc1cc(Cc2cnc(NC(=O)c3ccccc3)nc2NC(=O)c2ccccc2)cc(CO)c1OC.Cc1cccc(Nc2cc(N)nc(N)n2)c1.Nc1cc(N2CCCCC2)nc(N)n1.Nc1cc(Oc2ccccc2)nc(N)n1. The van der Waals surface area contributed by atoms with Gasteiger partial charge in [0.1, 0.15) is 52.3 Å². The predicted octanol–water partition coefficient (Wildman–Crippen LogP) is 17.3. The number of nitrogens with two attached hydrogens (primary N) is 8. The predicted molar refractivity (Wildman–Crippen MR) is 531 cm³/mol. The Labute approximate surface area is 785 Å². The van der Waals surface area contributed by atoms with E-state index in [4.69, 9.17) is 83.3 Å². The number of rotatable bonds is 22. The summed E-state index contributed by atoms with van der Waals surface area (Å²) in [4.78, 5) is 103. The van der Waals surface area contributed by atoms with E-state index in [1.807, 2.05) is 150 Å². The van der Waals surface area contributed by atoms with Crippen LogP contribution in [0.25, 0.3) is 22.3 Å². The standard InChI is InChI=1S/C28H26N4O5.C26H21ClN4O2.C12H13ClN4.C11H13N5.C10H10N4O.C9H15N5.C2H6/c1-36-23-15-18(14-22(17-33)24(23)37-2)13-21-16-29-28(32-27(35)20-11-7-4-8-12-20)31-25(21)30-26(34)19-9-5-3-6-10-19;1-2-21-22(17-13-15-20(27)16-14-17)23(29-24(32)18-9-5-3-6-10-18)30-26(28-21)31-25(33)19-11-7-4-8-12-19;1-2-9-10(11(14)17-12(15)16-9)7-3-5-8(13)6-4-7;1-7-3-2-4-8(5-7)14-10-6-9(12)15-11(13)16-10;11-8-6-9(14-10(12)13-8)15-7-4-2-1-3-5-7;10-7-6-8(13-9(11)12-7)14-4-2-1-3-5-14;1-2/h3-12,14-16,33H,13,17H2,1-2H3,(H2,29,30,31,32,34,35);3-16H,2H2,1H3,(H2,28,29,30,31,32,33);3-6H,2H2,1H3,(H4,14,15,16,17);2-6H,1H3,(H5,12,13,14,15,16);1-6H,(H4,11,12,13,14);6H,1-5H2,(H4,10,11,12,13);1-2H3. The number of amides is 4. The minimum absolute atomic E-state index is 0.0457. The number of carbonyl (C=O) groups excluding carboxylic acids is 4. The lowest BCUT2D eigenvalue weighted by molar-refractivity contribution is 0.101. The number of aromatic nitrogens is 12. The number of nitrogen functional groups attached to an aromatic ring is 8. The zero-order valence-corrected chi connectivity index (χ0v) is 76.2. The fourth-order valence-corrected chi connectivity index (χ4v) is 13.4. The summed E-state index contributed by atoms with van der Waals surface area (Å²) in [6, 6.07) is 75.4. The van der Waals surface area contributed by atoms with Gasteiger partial charge in [-0.25, -0.2) is 15.0 Å². The first-order valence-corrected chi connectivity index (χ1v) is 43.1. The Morgan fingerprint density at radius 2 is 0.910 bits per heavy atom. The number of hydrogen-bond acceptors (Lipinski definition) is 30. The van der Waals surface area contributed by atoms with E-state index < -0.39 is 0 Å². The van der Waals surface area contributed by atoms with Crippen LogP contribution in [0.3, 0.4) is 0 Å². The Hall–Kier alpha value is -16.7. The lowest BCUT2D eigenvalue weighted by Gasteiger charge is -2.27. The highest BCUT2D eigenvalue weighted by molar-refractivity contribution is 6.31. The molecule has 0 aliphatic carbocycles. The number of benzene rings is 9. The number of aliphatic hydroxyl groups excluding tert-OH is 1. The monoisotopic (exact) mass is 1840 g/mol. The number of halogens is 2. The van der Waals surface area contributed by atoms with Crippen molar-refractivity contribution in [2.24, 2.45) is 0 Å². The summed E-state index contributed by atoms with van der Waals surface area (Å²) in [5.74, 6) is 4.90. The molecule has 4 amide bonds. The average Bonchev–Trinajstić information content (AvgIpc) is 0.791. The van der Waals surface area contributed by atoms with E-state index in [9.17, 15) is 24.3 Å². The maximum absolute atomic E-state index is 12.9. The van der Waals surface area contributed by atoms with Crippen molar-refractivity contribution >= 4 is 135 Å². The van der Waals surface area contributed by atoms with Crippen molar-refractivity contribution in [3.05, 3.63) is 327 Å². The molecule has 1 fully saturated rings. The van der Waals surface area contributed by atoms with Gasteiger partial charge in [0.25, 0.3) is 23.6 Å². The van der Waals surface area contributed by atoms with Crippen molar-refractivity contribution in [3.63, 3.8) is 0 Å². The van der Waals surface area contributed by atoms with Gasteiger partial charge in [0.15, 0.2) is 11.5 Å². The number of nitrogens with one attached hydrogen (secondary N) is 5. The summed E-state index contributed by atoms with van der Waals surface area (Å²) in [5, 5.41) is 25.4. The van der Waals surface area contributed by atoms with Crippen LogP contribution in [0.1, 0.15) is 122 Å². The van der Waals surface area contributed by atoms with Crippen LogP contribution >= 0.6 is 23.2 Å². The molecule has 0 atom stereocenters. The van der Waals surface area contributed by atoms with Gasteiger partial charge in [0.2, 0.25) is 41.6 Å². The number of anilines is 15. The van der Waals surface area contributed by atoms with Gasteiger partial charge in [-0.15, -0.1) is 0 Å². The molecule has 134 heavy (non-hydrogen) atoms. The Bertz CT molecular complexity index is 6300. The zero-order valence-electron chi connectivity index (χ0n) is 74.7. The second-order valence-electron chi connectivity index (χ2n) is 28.9. The van der Waals surface area contributed by atoms with Crippen molar-refractivity contribution in [1.29, 1.82) is 0 Å². The third-order valence-electron chi connectivity index (χ3n) is 19.2. The van der Waals surface area contributed by atoms with E-state index >= 15 is 0 Å². The van der Waals surface area contributed by atoms with Crippen molar-refractivity contribution in [2.75, 3.05) is 105 Å². The quantitative estimate of drug-likeness (QED) is 0.0300. The third kappa shape index (κ3) is 29.9. The number of ether oxygens (including phenoxy) is 3. The van der Waals surface area contributed by atoms with Gasteiger partial charge in [-0.1, -0.05) is 178 Å². The molecule has 6 aromatic heterocycles. The van der Waals surface area contributed by atoms with Crippen LogP contribution in [0.15, 0.2) is 261 Å². The van der Waals surface area contributed by atoms with Gasteiger partial charge in [-0.05, 0) is 170 Å². The molecule has 0 spiro atoms. The van der Waals surface area contributed by atoms with Crippen molar-refractivity contribution in [2.45, 2.75) is 79.8 Å². The minimum atomic E-state index is -0.374. The Morgan fingerprint density at radius 3 is 1.41 bits per heavy atom. The highest BCUT2D eigenvalue weighted by Crippen LogP contribution is 2.37. The maximum atomic E-state index is 12.9. The number of para-hydroxylation sites is 1. The van der Waals surface area contributed by atoms with Gasteiger partial charge in [0, 0.05) is 104 Å². The van der Waals surface area contributed by atoms with Gasteiger partial charge in [-0.3, -0.25) is 29.8 Å². The molecule has 15 aromatic rings. The van der Waals surface area contributed by atoms with Gasteiger partial charge in [-0.2, -0.15) is 44.9 Å². The highest BCUT2D eigenvalue weighted by Gasteiger charge is 2.23. The molecule has 1 saturated heterocycles.